The lowest BCUT2D eigenvalue weighted by Crippen LogP contribution is -2.20. The van der Waals surface area contributed by atoms with E-state index < -0.39 is 0 Å². The van der Waals surface area contributed by atoms with E-state index in [0.29, 0.717) is 12.8 Å². The highest BCUT2D eigenvalue weighted by Gasteiger charge is 2.13. The number of nitrogens with zero attached hydrogens (tertiary/aromatic N) is 5. The van der Waals surface area contributed by atoms with Gasteiger partial charge < -0.3 is 10.4 Å². The van der Waals surface area contributed by atoms with Gasteiger partial charge in [0.15, 0.2) is 0 Å². The van der Waals surface area contributed by atoms with Crippen LogP contribution in [0.2, 0.25) is 0 Å². The predicted octanol–water partition coefficient (Wildman–Crippen LogP) is 0.192. The quantitative estimate of drug-likeness (QED) is 0.792. The third kappa shape index (κ3) is 3.66. The van der Waals surface area contributed by atoms with Crippen LogP contribution in [0.5, 0.6) is 0 Å². The fourth-order valence-corrected chi connectivity index (χ4v) is 2.07. The molecule has 1 amide bonds. The Hall–Kier alpha value is -2.22. The van der Waals surface area contributed by atoms with Crippen molar-refractivity contribution in [2.45, 2.75) is 33.2 Å². The summed E-state index contributed by atoms with van der Waals surface area (Å²) in [7, 11) is 1.84. The maximum atomic E-state index is 12.0. The summed E-state index contributed by atoms with van der Waals surface area (Å²) in [5, 5.41) is 23.7. The Morgan fingerprint density at radius 2 is 2.19 bits per heavy atom. The van der Waals surface area contributed by atoms with E-state index in [4.69, 9.17) is 5.11 Å². The highest BCUT2D eigenvalue weighted by Crippen LogP contribution is 2.18. The third-order valence-corrected chi connectivity index (χ3v) is 3.26. The summed E-state index contributed by atoms with van der Waals surface area (Å²) in [6, 6.07) is 0. The van der Waals surface area contributed by atoms with E-state index in [9.17, 15) is 4.79 Å². The van der Waals surface area contributed by atoms with E-state index in [1.54, 1.807) is 10.9 Å². The van der Waals surface area contributed by atoms with Gasteiger partial charge in [0.05, 0.1) is 22.8 Å². The van der Waals surface area contributed by atoms with Crippen LogP contribution in [-0.2, 0) is 24.8 Å². The van der Waals surface area contributed by atoms with Crippen LogP contribution in [0.15, 0.2) is 6.20 Å². The summed E-state index contributed by atoms with van der Waals surface area (Å²) in [5.74, 6) is -0.173. The van der Waals surface area contributed by atoms with Crippen LogP contribution in [-0.4, -0.2) is 42.4 Å². The first-order chi connectivity index (χ1) is 10.0. The van der Waals surface area contributed by atoms with Gasteiger partial charge in [0.1, 0.15) is 6.54 Å². The Balaban J connectivity index is 1.97. The first-order valence-corrected chi connectivity index (χ1v) is 6.81. The highest BCUT2D eigenvalue weighted by atomic mass is 16.2. The fourth-order valence-electron chi connectivity index (χ4n) is 2.07. The molecule has 0 saturated carbocycles. The van der Waals surface area contributed by atoms with Gasteiger partial charge in [-0.1, -0.05) is 5.21 Å². The van der Waals surface area contributed by atoms with Crippen LogP contribution in [0.4, 0.5) is 5.69 Å². The number of aliphatic hydroxyl groups is 1. The normalized spacial score (nSPS) is 10.9. The highest BCUT2D eigenvalue weighted by molar-refractivity contribution is 5.91. The molecule has 0 atom stereocenters. The van der Waals surface area contributed by atoms with Crippen molar-refractivity contribution >= 4 is 11.6 Å². The number of aryl methyl sites for hydroxylation is 3. The fraction of sp³-hybridized carbons (Fsp3) is 0.538. The second-order valence-corrected chi connectivity index (χ2v) is 4.95. The van der Waals surface area contributed by atoms with E-state index in [1.165, 1.54) is 4.68 Å². The van der Waals surface area contributed by atoms with Gasteiger partial charge in [-0.15, -0.1) is 5.10 Å². The summed E-state index contributed by atoms with van der Waals surface area (Å²) in [6.45, 7) is 3.97. The minimum absolute atomic E-state index is 0.0971. The van der Waals surface area contributed by atoms with Gasteiger partial charge in [-0.2, -0.15) is 5.10 Å². The number of hydrogen-bond donors (Lipinski definition) is 2. The molecule has 0 radical (unpaired) electrons. The lowest BCUT2D eigenvalue weighted by atomic mass is 10.3. The van der Waals surface area contributed by atoms with Crippen LogP contribution in [0.25, 0.3) is 0 Å². The van der Waals surface area contributed by atoms with Crippen LogP contribution >= 0.6 is 0 Å². The molecule has 114 valence electrons. The number of amides is 1. The van der Waals surface area contributed by atoms with Crippen LogP contribution in [0.3, 0.4) is 0 Å². The van der Waals surface area contributed by atoms with Crippen molar-refractivity contribution in [2.24, 2.45) is 7.05 Å². The lowest BCUT2D eigenvalue weighted by molar-refractivity contribution is -0.116. The van der Waals surface area contributed by atoms with Crippen LogP contribution in [0.1, 0.15) is 23.5 Å². The van der Waals surface area contributed by atoms with E-state index in [-0.39, 0.29) is 19.1 Å². The molecule has 0 bridgehead atoms. The summed E-state index contributed by atoms with van der Waals surface area (Å²) in [6.07, 6.45) is 3.01. The average molecular weight is 292 g/mol. The third-order valence-electron chi connectivity index (χ3n) is 3.26. The molecule has 8 nitrogen and oxygen atoms in total. The van der Waals surface area contributed by atoms with Crippen LogP contribution in [0, 0.1) is 13.8 Å². The minimum Gasteiger partial charge on any atom is -0.396 e. The molecule has 0 aliphatic heterocycles. The number of carbonyl (C=O) groups excluding carboxylic acids is 1. The number of aliphatic hydroxyl groups excluding tert-OH is 1. The number of hydrogen-bond acceptors (Lipinski definition) is 5. The topological polar surface area (TPSA) is 97.9 Å². The maximum absolute atomic E-state index is 12.0. The van der Waals surface area contributed by atoms with Crippen molar-refractivity contribution in [2.75, 3.05) is 11.9 Å². The molecule has 0 spiro atoms. The first kappa shape index (κ1) is 15.2. The van der Waals surface area contributed by atoms with Crippen molar-refractivity contribution in [1.29, 1.82) is 0 Å². The molecule has 2 rings (SSSR count). The SMILES string of the molecule is Cc1nn(C)c(C)c1NC(=O)Cn1cc(CCCO)nn1. The smallest absolute Gasteiger partial charge is 0.246 e. The Labute approximate surface area is 122 Å². The number of anilines is 1. The summed E-state index contributed by atoms with van der Waals surface area (Å²) < 4.78 is 3.22. The Bertz CT molecular complexity index is 631. The van der Waals surface area contributed by atoms with Crippen molar-refractivity contribution in [3.05, 3.63) is 23.3 Å². The van der Waals surface area contributed by atoms with Crippen molar-refractivity contribution < 1.29 is 9.90 Å². The number of carbonyl (C=O) groups is 1. The molecule has 2 N–H and O–H groups in total. The van der Waals surface area contributed by atoms with Gasteiger partial charge in [-0.05, 0) is 26.7 Å². The molecule has 0 saturated heterocycles. The van der Waals surface area contributed by atoms with Gasteiger partial charge in [0, 0.05) is 19.9 Å². The van der Waals surface area contributed by atoms with Crippen molar-refractivity contribution in [3.8, 4) is 0 Å². The van der Waals surface area contributed by atoms with Gasteiger partial charge in [-0.25, -0.2) is 4.68 Å². The molecule has 2 aromatic heterocycles. The lowest BCUT2D eigenvalue weighted by Gasteiger charge is -2.05. The first-order valence-electron chi connectivity index (χ1n) is 6.81. The van der Waals surface area contributed by atoms with E-state index in [0.717, 1.165) is 22.8 Å². The second-order valence-electron chi connectivity index (χ2n) is 4.95. The van der Waals surface area contributed by atoms with Crippen molar-refractivity contribution in [1.82, 2.24) is 24.8 Å². The van der Waals surface area contributed by atoms with Gasteiger partial charge >= 0.3 is 0 Å². The molecule has 0 fully saturated rings. The predicted molar refractivity (Wildman–Crippen MR) is 76.7 cm³/mol. The Morgan fingerprint density at radius 3 is 2.81 bits per heavy atom. The zero-order valence-electron chi connectivity index (χ0n) is 12.5. The Morgan fingerprint density at radius 1 is 1.43 bits per heavy atom. The maximum Gasteiger partial charge on any atom is 0.246 e. The molecular formula is C13H20N6O2. The molecule has 8 heteroatoms. The molecule has 0 aliphatic rings. The average Bonchev–Trinajstić information content (AvgIpc) is 2.97. The Kier molecular flexibility index (Phi) is 4.69. The van der Waals surface area contributed by atoms with Crippen molar-refractivity contribution in [3.63, 3.8) is 0 Å². The molecule has 2 heterocycles. The van der Waals surface area contributed by atoms with Crippen LogP contribution < -0.4 is 5.32 Å². The van der Waals surface area contributed by atoms with Gasteiger partial charge in [-0.3, -0.25) is 9.48 Å². The molecular weight excluding hydrogens is 272 g/mol. The van der Waals surface area contributed by atoms with E-state index >= 15 is 0 Å². The van der Waals surface area contributed by atoms with E-state index in [1.807, 2.05) is 20.9 Å². The number of rotatable bonds is 6. The molecule has 0 aromatic carbocycles. The summed E-state index contributed by atoms with van der Waals surface area (Å²) in [5.41, 5.74) is 3.20. The number of aromatic nitrogens is 5. The zero-order chi connectivity index (χ0) is 15.4. The molecule has 21 heavy (non-hydrogen) atoms. The second kappa shape index (κ2) is 6.49. The van der Waals surface area contributed by atoms with Gasteiger partial charge in [0.2, 0.25) is 5.91 Å². The molecule has 0 aliphatic carbocycles. The largest absolute Gasteiger partial charge is 0.396 e. The molecule has 2 aromatic rings. The van der Waals surface area contributed by atoms with Gasteiger partial charge in [0.25, 0.3) is 0 Å². The number of nitrogens with one attached hydrogen (secondary N) is 1. The minimum atomic E-state index is -0.173. The monoisotopic (exact) mass is 292 g/mol. The summed E-state index contributed by atoms with van der Waals surface area (Å²) in [4.78, 5) is 12.0. The molecule has 0 unspecified atom stereocenters. The zero-order valence-corrected chi connectivity index (χ0v) is 12.5. The van der Waals surface area contributed by atoms with E-state index in [2.05, 4.69) is 20.7 Å². The standard InChI is InChI=1S/C13H20N6O2/c1-9-13(10(2)18(3)16-9)14-12(21)8-19-7-11(15-17-19)5-4-6-20/h7,20H,4-6,8H2,1-3H3,(H,14,21). The summed E-state index contributed by atoms with van der Waals surface area (Å²) >= 11 is 0.